The summed E-state index contributed by atoms with van der Waals surface area (Å²) in [6, 6.07) is 9.65. The normalized spacial score (nSPS) is 16.2. The number of nitrogens with two attached hydrogens (primary N) is 2. The highest BCUT2D eigenvalue weighted by Crippen LogP contribution is 2.28. The molecule has 1 unspecified atom stereocenters. The first kappa shape index (κ1) is 20.2. The maximum absolute atomic E-state index is 12.8. The third kappa shape index (κ3) is 4.64. The zero-order valence-corrected chi connectivity index (χ0v) is 17.2. The van der Waals surface area contributed by atoms with Crippen molar-refractivity contribution in [1.82, 2.24) is 4.98 Å². The van der Waals surface area contributed by atoms with E-state index in [4.69, 9.17) is 16.5 Å². The van der Waals surface area contributed by atoms with Crippen molar-refractivity contribution in [2.75, 3.05) is 29.5 Å². The summed E-state index contributed by atoms with van der Waals surface area (Å²) in [5.74, 6) is 1.85. The second-order valence-corrected chi connectivity index (χ2v) is 8.18. The van der Waals surface area contributed by atoms with Gasteiger partial charge in [-0.15, -0.1) is 0 Å². The number of benzene rings is 1. The smallest absolute Gasteiger partial charge is 0.140 e. The molecule has 4 N–H and O–H groups in total. The van der Waals surface area contributed by atoms with Crippen LogP contribution in [0.2, 0.25) is 0 Å². The number of carbonyl (C=O) groups is 1. The van der Waals surface area contributed by atoms with Crippen LogP contribution < -0.4 is 16.4 Å². The van der Waals surface area contributed by atoms with Gasteiger partial charge >= 0.3 is 0 Å². The Hall–Kier alpha value is -2.56. The van der Waals surface area contributed by atoms with Crippen molar-refractivity contribution in [3.05, 3.63) is 47.2 Å². The average Bonchev–Trinajstić information content (AvgIpc) is 2.69. The molecule has 0 spiro atoms. The van der Waals surface area contributed by atoms with Gasteiger partial charge in [-0.3, -0.25) is 4.79 Å². The number of anilines is 3. The number of hydrogen-bond donors (Lipinski definition) is 2. The van der Waals surface area contributed by atoms with Crippen LogP contribution in [0, 0.1) is 12.8 Å². The van der Waals surface area contributed by atoms with Gasteiger partial charge in [0.2, 0.25) is 0 Å². The van der Waals surface area contributed by atoms with Gasteiger partial charge in [-0.1, -0.05) is 26.0 Å². The SMILES string of the molecule is Cc1ccc(CCC(=O)C(C)c2ccc(N)c(N)c2)c(N2CCC(C)CC2)n1. The quantitative estimate of drug-likeness (QED) is 0.737. The first-order chi connectivity index (χ1) is 13.3. The highest BCUT2D eigenvalue weighted by Gasteiger charge is 2.21. The summed E-state index contributed by atoms with van der Waals surface area (Å²) in [6.07, 6.45) is 3.60. The van der Waals surface area contributed by atoms with E-state index in [1.165, 1.54) is 12.8 Å². The predicted molar refractivity (Wildman–Crippen MR) is 117 cm³/mol. The fourth-order valence-electron chi connectivity index (χ4n) is 3.78. The van der Waals surface area contributed by atoms with Gasteiger partial charge in [0.1, 0.15) is 11.6 Å². The van der Waals surface area contributed by atoms with Crippen LogP contribution in [0.3, 0.4) is 0 Å². The molecule has 1 aromatic heterocycles. The number of aryl methyl sites for hydroxylation is 2. The molecular weight excluding hydrogens is 348 g/mol. The molecule has 5 nitrogen and oxygen atoms in total. The molecule has 0 amide bonds. The second kappa shape index (κ2) is 8.63. The van der Waals surface area contributed by atoms with Crippen LogP contribution >= 0.6 is 0 Å². The van der Waals surface area contributed by atoms with Gasteiger partial charge in [0.05, 0.1) is 11.4 Å². The molecule has 2 heterocycles. The van der Waals surface area contributed by atoms with E-state index in [0.29, 0.717) is 24.2 Å². The first-order valence-electron chi connectivity index (χ1n) is 10.2. The number of carbonyl (C=O) groups excluding carboxylic acids is 1. The fraction of sp³-hybridized carbons (Fsp3) is 0.478. The molecule has 1 atom stereocenters. The number of aromatic nitrogens is 1. The predicted octanol–water partition coefficient (Wildman–Crippen LogP) is 4.10. The lowest BCUT2D eigenvalue weighted by Gasteiger charge is -2.32. The van der Waals surface area contributed by atoms with E-state index in [1.54, 1.807) is 6.07 Å². The molecule has 0 saturated carbocycles. The molecule has 3 rings (SSSR count). The topological polar surface area (TPSA) is 85.2 Å². The molecular formula is C23H32N4O. The van der Waals surface area contributed by atoms with Crippen LogP contribution in [0.15, 0.2) is 30.3 Å². The molecule has 5 heteroatoms. The molecule has 1 aliphatic rings. The summed E-state index contributed by atoms with van der Waals surface area (Å²) < 4.78 is 0. The van der Waals surface area contributed by atoms with Gasteiger partial charge in [-0.25, -0.2) is 4.98 Å². The van der Waals surface area contributed by atoms with Gasteiger partial charge in [0, 0.05) is 31.1 Å². The fourth-order valence-corrected chi connectivity index (χ4v) is 3.78. The van der Waals surface area contributed by atoms with E-state index < -0.39 is 0 Å². The third-order valence-electron chi connectivity index (χ3n) is 5.91. The molecule has 0 radical (unpaired) electrons. The summed E-state index contributed by atoms with van der Waals surface area (Å²) in [4.78, 5) is 20.0. The van der Waals surface area contributed by atoms with Gasteiger partial charge in [-0.2, -0.15) is 0 Å². The Morgan fingerprint density at radius 3 is 2.57 bits per heavy atom. The Kier molecular flexibility index (Phi) is 6.22. The zero-order valence-electron chi connectivity index (χ0n) is 17.2. The number of nitrogens with zero attached hydrogens (tertiary/aromatic N) is 2. The molecule has 28 heavy (non-hydrogen) atoms. The minimum absolute atomic E-state index is 0.194. The Labute approximate surface area is 168 Å². The molecule has 1 aliphatic heterocycles. The molecule has 2 aromatic rings. The molecule has 1 saturated heterocycles. The zero-order chi connectivity index (χ0) is 20.3. The Morgan fingerprint density at radius 2 is 1.89 bits per heavy atom. The standard InChI is InChI=1S/C23H32N4O/c1-15-10-12-27(13-11-15)23-18(5-4-16(2)26-23)7-9-22(28)17(3)19-6-8-20(24)21(25)14-19/h4-6,8,14-15,17H,7,9-13,24-25H2,1-3H3. The molecule has 1 aromatic carbocycles. The van der Waals surface area contributed by atoms with Crippen molar-refractivity contribution < 1.29 is 4.79 Å². The highest BCUT2D eigenvalue weighted by atomic mass is 16.1. The summed E-state index contributed by atoms with van der Waals surface area (Å²) in [7, 11) is 0. The molecule has 150 valence electrons. The van der Waals surface area contributed by atoms with Crippen molar-refractivity contribution in [3.63, 3.8) is 0 Å². The van der Waals surface area contributed by atoms with Gasteiger partial charge in [-0.05, 0) is 61.4 Å². The molecule has 1 fully saturated rings. The summed E-state index contributed by atoms with van der Waals surface area (Å²) >= 11 is 0. The number of Topliss-reactive ketones (excluding diaryl/α,β-unsaturated/α-hetero) is 1. The molecule has 0 aliphatic carbocycles. The number of pyridine rings is 1. The Bertz CT molecular complexity index is 840. The van der Waals surface area contributed by atoms with E-state index >= 15 is 0 Å². The number of rotatable bonds is 6. The van der Waals surface area contributed by atoms with E-state index in [0.717, 1.165) is 41.6 Å². The van der Waals surface area contributed by atoms with E-state index in [9.17, 15) is 4.79 Å². The van der Waals surface area contributed by atoms with E-state index in [-0.39, 0.29) is 11.7 Å². The average molecular weight is 381 g/mol. The minimum Gasteiger partial charge on any atom is -0.397 e. The van der Waals surface area contributed by atoms with Gasteiger partial charge in [0.25, 0.3) is 0 Å². The van der Waals surface area contributed by atoms with Crippen molar-refractivity contribution >= 4 is 23.0 Å². The lowest BCUT2D eigenvalue weighted by molar-refractivity contribution is -0.120. The van der Waals surface area contributed by atoms with Crippen LogP contribution in [-0.2, 0) is 11.2 Å². The van der Waals surface area contributed by atoms with Crippen LogP contribution in [0.1, 0.15) is 55.8 Å². The number of hydrogen-bond acceptors (Lipinski definition) is 5. The van der Waals surface area contributed by atoms with Crippen molar-refractivity contribution in [2.24, 2.45) is 5.92 Å². The summed E-state index contributed by atoms with van der Waals surface area (Å²) in [5.41, 5.74) is 15.9. The Morgan fingerprint density at radius 1 is 1.18 bits per heavy atom. The maximum Gasteiger partial charge on any atom is 0.140 e. The first-order valence-corrected chi connectivity index (χ1v) is 10.2. The second-order valence-electron chi connectivity index (χ2n) is 8.18. The number of nitrogen functional groups attached to an aromatic ring is 2. The van der Waals surface area contributed by atoms with Crippen molar-refractivity contribution in [2.45, 2.75) is 52.4 Å². The van der Waals surface area contributed by atoms with Crippen LogP contribution in [0.5, 0.6) is 0 Å². The van der Waals surface area contributed by atoms with E-state index in [1.807, 2.05) is 32.0 Å². The van der Waals surface area contributed by atoms with Crippen LogP contribution in [0.4, 0.5) is 17.2 Å². The lowest BCUT2D eigenvalue weighted by Crippen LogP contribution is -2.34. The van der Waals surface area contributed by atoms with Crippen molar-refractivity contribution in [3.8, 4) is 0 Å². The van der Waals surface area contributed by atoms with E-state index in [2.05, 4.69) is 17.9 Å². The van der Waals surface area contributed by atoms with Crippen LogP contribution in [-0.4, -0.2) is 23.9 Å². The highest BCUT2D eigenvalue weighted by molar-refractivity contribution is 5.86. The lowest BCUT2D eigenvalue weighted by atomic mass is 9.92. The number of ketones is 1. The Balaban J connectivity index is 1.69. The summed E-state index contributed by atoms with van der Waals surface area (Å²) in [5, 5.41) is 0. The van der Waals surface area contributed by atoms with Crippen molar-refractivity contribution in [1.29, 1.82) is 0 Å². The van der Waals surface area contributed by atoms with Gasteiger partial charge in [0.15, 0.2) is 0 Å². The summed E-state index contributed by atoms with van der Waals surface area (Å²) in [6.45, 7) is 8.36. The van der Waals surface area contributed by atoms with Gasteiger partial charge < -0.3 is 16.4 Å². The van der Waals surface area contributed by atoms with Crippen LogP contribution in [0.25, 0.3) is 0 Å². The molecule has 0 bridgehead atoms. The monoisotopic (exact) mass is 380 g/mol. The third-order valence-corrected chi connectivity index (χ3v) is 5.91. The maximum atomic E-state index is 12.8. The largest absolute Gasteiger partial charge is 0.397 e. The number of piperidine rings is 1. The minimum atomic E-state index is -0.194.